The van der Waals surface area contributed by atoms with Gasteiger partial charge in [0.25, 0.3) is 0 Å². The molecule has 1 aromatic rings. The Hall–Kier alpha value is -1.64. The Bertz CT molecular complexity index is 410. The van der Waals surface area contributed by atoms with E-state index in [2.05, 4.69) is 11.1 Å². The van der Waals surface area contributed by atoms with E-state index in [9.17, 15) is 4.79 Å². The lowest BCUT2D eigenvalue weighted by molar-refractivity contribution is 0.0696. The zero-order valence-corrected chi connectivity index (χ0v) is 8.44. The van der Waals surface area contributed by atoms with Crippen molar-refractivity contribution in [2.75, 3.05) is 0 Å². The Labute approximate surface area is 88.5 Å². The molecule has 0 saturated heterocycles. The molecule has 1 N–H and O–H groups in total. The minimum absolute atomic E-state index is 0.359. The van der Waals surface area contributed by atoms with Crippen LogP contribution in [0.15, 0.2) is 24.5 Å². The lowest BCUT2D eigenvalue weighted by atomic mass is 9.92. The molecule has 1 aliphatic rings. The maximum atomic E-state index is 11.0. The summed E-state index contributed by atoms with van der Waals surface area (Å²) in [6, 6.07) is 1.56. The number of rotatable bonds is 2. The van der Waals surface area contributed by atoms with E-state index in [1.54, 1.807) is 12.3 Å². The molecule has 78 valence electrons. The Morgan fingerprint density at radius 2 is 2.27 bits per heavy atom. The minimum atomic E-state index is -0.876. The second kappa shape index (κ2) is 4.26. The SMILES string of the molecule is O=C(O)c1ccncc1C1=CCCCC1. The molecule has 0 saturated carbocycles. The maximum absolute atomic E-state index is 11.0. The standard InChI is InChI=1S/C12H13NO2/c14-12(15)10-6-7-13-8-11(10)9-4-2-1-3-5-9/h4,6-8H,1-3,5H2,(H,14,15). The molecule has 0 unspecified atom stereocenters. The number of carboxylic acids is 1. The van der Waals surface area contributed by atoms with Gasteiger partial charge in [0.05, 0.1) is 5.56 Å². The summed E-state index contributed by atoms with van der Waals surface area (Å²) in [5.74, 6) is -0.876. The van der Waals surface area contributed by atoms with Gasteiger partial charge in [-0.2, -0.15) is 0 Å². The predicted octanol–water partition coefficient (Wildman–Crippen LogP) is 2.74. The molecule has 3 nitrogen and oxygen atoms in total. The monoisotopic (exact) mass is 203 g/mol. The second-order valence-electron chi connectivity index (χ2n) is 3.70. The summed E-state index contributed by atoms with van der Waals surface area (Å²) >= 11 is 0. The van der Waals surface area contributed by atoms with Crippen LogP contribution in [-0.4, -0.2) is 16.1 Å². The molecule has 0 aromatic carbocycles. The molecule has 0 fully saturated rings. The van der Waals surface area contributed by atoms with Crippen molar-refractivity contribution >= 4 is 11.5 Å². The zero-order valence-electron chi connectivity index (χ0n) is 8.44. The first-order valence-electron chi connectivity index (χ1n) is 5.16. The van der Waals surface area contributed by atoms with Crippen LogP contribution in [0.4, 0.5) is 0 Å². The van der Waals surface area contributed by atoms with Crippen molar-refractivity contribution in [3.8, 4) is 0 Å². The third-order valence-electron chi connectivity index (χ3n) is 2.69. The fourth-order valence-electron chi connectivity index (χ4n) is 1.92. The molecule has 0 amide bonds. The van der Waals surface area contributed by atoms with Crippen LogP contribution in [0.5, 0.6) is 0 Å². The van der Waals surface area contributed by atoms with E-state index < -0.39 is 5.97 Å². The van der Waals surface area contributed by atoms with E-state index in [0.29, 0.717) is 5.56 Å². The summed E-state index contributed by atoms with van der Waals surface area (Å²) in [6.07, 6.45) is 9.66. The van der Waals surface area contributed by atoms with E-state index in [4.69, 9.17) is 5.11 Å². The van der Waals surface area contributed by atoms with Crippen LogP contribution in [-0.2, 0) is 0 Å². The third kappa shape index (κ3) is 2.06. The summed E-state index contributed by atoms with van der Waals surface area (Å²) in [4.78, 5) is 15.0. The molecule has 1 aromatic heterocycles. The van der Waals surface area contributed by atoms with Gasteiger partial charge in [0.15, 0.2) is 0 Å². The van der Waals surface area contributed by atoms with Gasteiger partial charge in [0.2, 0.25) is 0 Å². The van der Waals surface area contributed by atoms with Crippen molar-refractivity contribution in [1.82, 2.24) is 4.98 Å². The number of nitrogens with zero attached hydrogens (tertiary/aromatic N) is 1. The molecule has 1 aliphatic carbocycles. The highest BCUT2D eigenvalue weighted by molar-refractivity contribution is 5.93. The van der Waals surface area contributed by atoms with Crippen molar-refractivity contribution in [1.29, 1.82) is 0 Å². The van der Waals surface area contributed by atoms with Gasteiger partial charge in [0.1, 0.15) is 0 Å². The van der Waals surface area contributed by atoms with Crippen molar-refractivity contribution in [3.05, 3.63) is 35.7 Å². The number of carbonyl (C=O) groups is 1. The van der Waals surface area contributed by atoms with Gasteiger partial charge in [-0.15, -0.1) is 0 Å². The van der Waals surface area contributed by atoms with Crippen molar-refractivity contribution in [3.63, 3.8) is 0 Å². The highest BCUT2D eigenvalue weighted by atomic mass is 16.4. The highest BCUT2D eigenvalue weighted by Crippen LogP contribution is 2.28. The molecule has 0 bridgehead atoms. The number of aromatic nitrogens is 1. The Balaban J connectivity index is 2.42. The van der Waals surface area contributed by atoms with Gasteiger partial charge in [-0.25, -0.2) is 4.79 Å². The molecule has 1 heterocycles. The van der Waals surface area contributed by atoms with Crippen LogP contribution >= 0.6 is 0 Å². The quantitative estimate of drug-likeness (QED) is 0.804. The van der Waals surface area contributed by atoms with Crippen LogP contribution in [0.3, 0.4) is 0 Å². The van der Waals surface area contributed by atoms with E-state index >= 15 is 0 Å². The topological polar surface area (TPSA) is 50.2 Å². The number of hydrogen-bond donors (Lipinski definition) is 1. The van der Waals surface area contributed by atoms with Crippen LogP contribution in [0, 0.1) is 0 Å². The van der Waals surface area contributed by atoms with E-state index in [-0.39, 0.29) is 0 Å². The van der Waals surface area contributed by atoms with Gasteiger partial charge in [-0.1, -0.05) is 6.08 Å². The predicted molar refractivity (Wildman–Crippen MR) is 57.6 cm³/mol. The Morgan fingerprint density at radius 1 is 1.40 bits per heavy atom. The highest BCUT2D eigenvalue weighted by Gasteiger charge is 2.14. The largest absolute Gasteiger partial charge is 0.478 e. The zero-order chi connectivity index (χ0) is 10.7. The molecule has 0 spiro atoms. The number of allylic oxidation sites excluding steroid dienone is 2. The van der Waals surface area contributed by atoms with Crippen LogP contribution in [0.2, 0.25) is 0 Å². The normalized spacial score (nSPS) is 15.9. The lowest BCUT2D eigenvalue weighted by Gasteiger charge is -2.14. The number of aromatic carboxylic acids is 1. The van der Waals surface area contributed by atoms with Crippen LogP contribution < -0.4 is 0 Å². The van der Waals surface area contributed by atoms with E-state index in [1.165, 1.54) is 12.6 Å². The first-order valence-corrected chi connectivity index (χ1v) is 5.16. The molecule has 3 heteroatoms. The van der Waals surface area contributed by atoms with Gasteiger partial charge < -0.3 is 5.11 Å². The van der Waals surface area contributed by atoms with Crippen LogP contribution in [0.1, 0.15) is 41.6 Å². The molecule has 0 atom stereocenters. The Morgan fingerprint density at radius 3 is 2.93 bits per heavy atom. The van der Waals surface area contributed by atoms with Crippen LogP contribution in [0.25, 0.3) is 5.57 Å². The smallest absolute Gasteiger partial charge is 0.336 e. The summed E-state index contributed by atoms with van der Waals surface area (Å²) < 4.78 is 0. The fourth-order valence-corrected chi connectivity index (χ4v) is 1.92. The first kappa shape index (κ1) is 9.90. The maximum Gasteiger partial charge on any atom is 0.336 e. The van der Waals surface area contributed by atoms with E-state index in [0.717, 1.165) is 30.4 Å². The molecule has 0 radical (unpaired) electrons. The average molecular weight is 203 g/mol. The fraction of sp³-hybridized carbons (Fsp3) is 0.333. The van der Waals surface area contributed by atoms with Gasteiger partial charge in [-0.05, 0) is 37.3 Å². The summed E-state index contributed by atoms with van der Waals surface area (Å²) in [7, 11) is 0. The van der Waals surface area contributed by atoms with Crippen molar-refractivity contribution in [2.24, 2.45) is 0 Å². The molecular weight excluding hydrogens is 190 g/mol. The Kier molecular flexibility index (Phi) is 2.81. The van der Waals surface area contributed by atoms with Gasteiger partial charge >= 0.3 is 5.97 Å². The second-order valence-corrected chi connectivity index (χ2v) is 3.70. The van der Waals surface area contributed by atoms with Gasteiger partial charge in [0, 0.05) is 18.0 Å². The lowest BCUT2D eigenvalue weighted by Crippen LogP contribution is -2.04. The van der Waals surface area contributed by atoms with Gasteiger partial charge in [-0.3, -0.25) is 4.98 Å². The molecule has 2 rings (SSSR count). The van der Waals surface area contributed by atoms with Crippen molar-refractivity contribution in [2.45, 2.75) is 25.7 Å². The molecular formula is C12H13NO2. The first-order chi connectivity index (χ1) is 7.29. The molecule has 15 heavy (non-hydrogen) atoms. The number of carboxylic acid groups (broad SMARTS) is 1. The summed E-state index contributed by atoms with van der Waals surface area (Å²) in [5, 5.41) is 9.04. The molecule has 0 aliphatic heterocycles. The summed E-state index contributed by atoms with van der Waals surface area (Å²) in [6.45, 7) is 0. The number of pyridine rings is 1. The van der Waals surface area contributed by atoms with Crippen molar-refractivity contribution < 1.29 is 9.90 Å². The minimum Gasteiger partial charge on any atom is -0.478 e. The third-order valence-corrected chi connectivity index (χ3v) is 2.69. The summed E-state index contributed by atoms with van der Waals surface area (Å²) in [5.41, 5.74) is 2.27. The average Bonchev–Trinajstić information content (AvgIpc) is 2.30. The van der Waals surface area contributed by atoms with E-state index in [1.807, 2.05) is 0 Å². The number of hydrogen-bond acceptors (Lipinski definition) is 2.